The number of aliphatic hydroxyl groups excluding tert-OH is 1. The standard InChI is InChI=1S/C30H25F4N5O5S/c1-45(42,43)25-7-3-6-24(27(25)44-17-30(32,33)34)36-29-37-26-13-10-20(15-39(26)38-29)18-8-11-22(12-9-18)35-28(41)23(16-40)19-4-2-5-21(31)14-19/h2-15,23,40H,16-17H2,1H3,(H,35,41)(H,36,38). The fourth-order valence-corrected chi connectivity index (χ4v) is 5.31. The number of ether oxygens (including phenoxy) is 1. The highest BCUT2D eigenvalue weighted by Crippen LogP contribution is 2.35. The highest BCUT2D eigenvalue weighted by Gasteiger charge is 2.30. The molecule has 1 unspecified atom stereocenters. The number of nitrogens with one attached hydrogen (secondary N) is 2. The number of nitrogens with zero attached hydrogens (tertiary/aromatic N) is 3. The van der Waals surface area contributed by atoms with E-state index in [1.807, 2.05) is 0 Å². The molecule has 10 nitrogen and oxygen atoms in total. The number of alkyl halides is 3. The number of para-hydroxylation sites is 1. The molecule has 15 heteroatoms. The molecule has 1 atom stereocenters. The number of benzene rings is 3. The zero-order chi connectivity index (χ0) is 32.4. The van der Waals surface area contributed by atoms with Gasteiger partial charge in [-0.15, -0.1) is 5.10 Å². The van der Waals surface area contributed by atoms with E-state index in [9.17, 15) is 35.9 Å². The quantitative estimate of drug-likeness (QED) is 0.174. The summed E-state index contributed by atoms with van der Waals surface area (Å²) in [6.07, 6.45) is -2.19. The van der Waals surface area contributed by atoms with Crippen LogP contribution in [0.3, 0.4) is 0 Å². The van der Waals surface area contributed by atoms with E-state index in [2.05, 4.69) is 20.7 Å². The van der Waals surface area contributed by atoms with E-state index in [0.29, 0.717) is 22.5 Å². The van der Waals surface area contributed by atoms with Gasteiger partial charge >= 0.3 is 6.18 Å². The molecule has 0 bridgehead atoms. The summed E-state index contributed by atoms with van der Waals surface area (Å²) in [7, 11) is -3.93. The molecule has 0 saturated heterocycles. The van der Waals surface area contributed by atoms with Gasteiger partial charge in [0.2, 0.25) is 11.9 Å². The van der Waals surface area contributed by atoms with Crippen molar-refractivity contribution in [2.45, 2.75) is 17.0 Å². The second-order valence-corrected chi connectivity index (χ2v) is 11.9. The summed E-state index contributed by atoms with van der Waals surface area (Å²) in [5, 5.41) is 19.5. The summed E-state index contributed by atoms with van der Waals surface area (Å²) in [5.41, 5.74) is 2.55. The van der Waals surface area contributed by atoms with Gasteiger partial charge in [0.05, 0.1) is 18.2 Å². The fourth-order valence-electron chi connectivity index (χ4n) is 4.47. The zero-order valence-electron chi connectivity index (χ0n) is 23.4. The minimum atomic E-state index is -4.70. The number of aliphatic hydroxyl groups is 1. The molecule has 3 aromatic carbocycles. The summed E-state index contributed by atoms with van der Waals surface area (Å²) in [5.74, 6) is -2.51. The number of hydrogen-bond donors (Lipinski definition) is 3. The minimum absolute atomic E-state index is 0.0237. The average Bonchev–Trinajstić information content (AvgIpc) is 3.38. The van der Waals surface area contributed by atoms with Crippen molar-refractivity contribution in [1.29, 1.82) is 0 Å². The second kappa shape index (κ2) is 12.5. The van der Waals surface area contributed by atoms with Crippen LogP contribution in [0.1, 0.15) is 11.5 Å². The molecule has 5 aromatic rings. The Morgan fingerprint density at radius 2 is 1.73 bits per heavy atom. The molecule has 45 heavy (non-hydrogen) atoms. The molecular weight excluding hydrogens is 618 g/mol. The fraction of sp³-hybridized carbons (Fsp3) is 0.167. The number of carbonyl (C=O) groups excluding carboxylic acids is 1. The SMILES string of the molecule is CS(=O)(=O)c1cccc(Nc2nc3ccc(-c4ccc(NC(=O)C(CO)c5cccc(F)c5)cc4)cn3n2)c1OCC(F)(F)F. The molecular formula is C30H25F4N5O5S. The number of carbonyl (C=O) groups is 1. The molecule has 0 saturated carbocycles. The number of sulfone groups is 1. The van der Waals surface area contributed by atoms with Crippen molar-refractivity contribution in [3.8, 4) is 16.9 Å². The van der Waals surface area contributed by atoms with Crippen molar-refractivity contribution in [2.75, 3.05) is 30.1 Å². The number of fused-ring (bicyclic) bond motifs is 1. The third kappa shape index (κ3) is 7.56. The number of anilines is 3. The topological polar surface area (TPSA) is 135 Å². The molecule has 2 heterocycles. The Balaban J connectivity index is 1.34. The summed E-state index contributed by atoms with van der Waals surface area (Å²) < 4.78 is 83.0. The molecule has 0 radical (unpaired) electrons. The van der Waals surface area contributed by atoms with Crippen LogP contribution < -0.4 is 15.4 Å². The van der Waals surface area contributed by atoms with E-state index < -0.39 is 57.5 Å². The molecule has 0 aliphatic rings. The Kier molecular flexibility index (Phi) is 8.75. The van der Waals surface area contributed by atoms with Gasteiger partial charge in [0.1, 0.15) is 10.7 Å². The van der Waals surface area contributed by atoms with Crippen molar-refractivity contribution >= 4 is 38.7 Å². The summed E-state index contributed by atoms with van der Waals surface area (Å²) >= 11 is 0. The number of hydrogen-bond acceptors (Lipinski definition) is 8. The van der Waals surface area contributed by atoms with Crippen molar-refractivity contribution in [1.82, 2.24) is 14.6 Å². The predicted molar refractivity (Wildman–Crippen MR) is 158 cm³/mol. The van der Waals surface area contributed by atoms with Crippen LogP contribution in [0, 0.1) is 5.82 Å². The Labute approximate surface area is 254 Å². The maximum Gasteiger partial charge on any atom is 0.422 e. The van der Waals surface area contributed by atoms with Gasteiger partial charge in [-0.3, -0.25) is 4.79 Å². The Morgan fingerprint density at radius 3 is 2.40 bits per heavy atom. The highest BCUT2D eigenvalue weighted by molar-refractivity contribution is 7.90. The van der Waals surface area contributed by atoms with Crippen LogP contribution in [-0.2, 0) is 14.6 Å². The lowest BCUT2D eigenvalue weighted by molar-refractivity contribution is -0.153. The normalized spacial score (nSPS) is 12.6. The Hall–Kier alpha value is -5.02. The molecule has 3 N–H and O–H groups in total. The van der Waals surface area contributed by atoms with Gasteiger partial charge < -0.3 is 20.5 Å². The van der Waals surface area contributed by atoms with Gasteiger partial charge in [0.25, 0.3) is 0 Å². The molecule has 1 amide bonds. The van der Waals surface area contributed by atoms with E-state index in [1.165, 1.54) is 34.8 Å². The van der Waals surface area contributed by atoms with Crippen molar-refractivity contribution < 1.29 is 40.6 Å². The Morgan fingerprint density at radius 1 is 1.02 bits per heavy atom. The molecule has 5 rings (SSSR count). The number of aromatic nitrogens is 3. The van der Waals surface area contributed by atoms with Crippen LogP contribution in [0.25, 0.3) is 16.8 Å². The molecule has 0 fully saturated rings. The van der Waals surface area contributed by atoms with Crippen LogP contribution in [0.2, 0.25) is 0 Å². The molecule has 234 valence electrons. The first-order valence-electron chi connectivity index (χ1n) is 13.2. The lowest BCUT2D eigenvalue weighted by Crippen LogP contribution is -2.24. The monoisotopic (exact) mass is 643 g/mol. The third-order valence-corrected chi connectivity index (χ3v) is 7.69. The van der Waals surface area contributed by atoms with Gasteiger partial charge in [-0.25, -0.2) is 17.3 Å². The highest BCUT2D eigenvalue weighted by atomic mass is 32.2. The average molecular weight is 644 g/mol. The van der Waals surface area contributed by atoms with Gasteiger partial charge in [0.15, 0.2) is 27.8 Å². The number of amides is 1. The summed E-state index contributed by atoms with van der Waals surface area (Å²) in [6, 6.07) is 19.5. The van der Waals surface area contributed by atoms with Crippen molar-refractivity contribution in [3.05, 3.63) is 96.4 Å². The Bertz CT molecular complexity index is 1960. The van der Waals surface area contributed by atoms with Crippen molar-refractivity contribution in [2.24, 2.45) is 0 Å². The van der Waals surface area contributed by atoms with Crippen LogP contribution in [0.4, 0.5) is 34.9 Å². The van der Waals surface area contributed by atoms with E-state index in [4.69, 9.17) is 4.74 Å². The van der Waals surface area contributed by atoms with E-state index in [-0.39, 0.29) is 11.6 Å². The summed E-state index contributed by atoms with van der Waals surface area (Å²) in [6.45, 7) is -2.21. The maximum absolute atomic E-state index is 13.6. The lowest BCUT2D eigenvalue weighted by Gasteiger charge is -2.16. The van der Waals surface area contributed by atoms with Gasteiger partial charge in [-0.1, -0.05) is 30.3 Å². The first kappa shape index (κ1) is 31.4. The molecule has 0 aliphatic heterocycles. The number of pyridine rings is 1. The van der Waals surface area contributed by atoms with E-state index >= 15 is 0 Å². The second-order valence-electron chi connectivity index (χ2n) is 9.95. The van der Waals surface area contributed by atoms with Crippen LogP contribution >= 0.6 is 0 Å². The van der Waals surface area contributed by atoms with Crippen molar-refractivity contribution in [3.63, 3.8) is 0 Å². The minimum Gasteiger partial charge on any atom is -0.481 e. The van der Waals surface area contributed by atoms with Gasteiger partial charge in [-0.05, 0) is 59.7 Å². The van der Waals surface area contributed by atoms with E-state index in [1.54, 1.807) is 48.7 Å². The first-order valence-corrected chi connectivity index (χ1v) is 15.1. The van der Waals surface area contributed by atoms with Crippen LogP contribution in [0.15, 0.2) is 90.0 Å². The molecule has 0 aliphatic carbocycles. The number of halogens is 4. The maximum atomic E-state index is 13.6. The first-order chi connectivity index (χ1) is 21.3. The predicted octanol–water partition coefficient (Wildman–Crippen LogP) is 5.34. The molecule has 0 spiro atoms. The molecule has 2 aromatic heterocycles. The summed E-state index contributed by atoms with van der Waals surface area (Å²) in [4.78, 5) is 16.6. The van der Waals surface area contributed by atoms with Crippen LogP contribution in [-0.4, -0.2) is 59.7 Å². The van der Waals surface area contributed by atoms with Crippen LogP contribution in [0.5, 0.6) is 5.75 Å². The lowest BCUT2D eigenvalue weighted by atomic mass is 9.99. The smallest absolute Gasteiger partial charge is 0.422 e. The van der Waals surface area contributed by atoms with E-state index in [0.717, 1.165) is 17.9 Å². The number of rotatable bonds is 10. The van der Waals surface area contributed by atoms with Gasteiger partial charge in [-0.2, -0.15) is 18.2 Å². The third-order valence-electron chi connectivity index (χ3n) is 6.57. The largest absolute Gasteiger partial charge is 0.481 e. The van der Waals surface area contributed by atoms with Gasteiger partial charge in [0, 0.05) is 23.7 Å². The zero-order valence-corrected chi connectivity index (χ0v) is 24.2.